The van der Waals surface area contributed by atoms with Crippen LogP contribution in [0, 0.1) is 0 Å². The molecule has 0 spiro atoms. The van der Waals surface area contributed by atoms with Gasteiger partial charge in [-0.1, -0.05) is 12.1 Å². The third kappa shape index (κ3) is 2.20. The Morgan fingerprint density at radius 3 is 2.12 bits per heavy atom. The van der Waals surface area contributed by atoms with E-state index in [1.165, 1.54) is 0 Å². The van der Waals surface area contributed by atoms with Crippen LogP contribution in [0.5, 0.6) is 5.75 Å². The molecule has 16 heavy (non-hydrogen) atoms. The molecule has 0 saturated carbocycles. The van der Waals surface area contributed by atoms with E-state index in [9.17, 15) is 0 Å². The topological polar surface area (TPSA) is 48.1 Å². The van der Waals surface area contributed by atoms with Crippen LogP contribution in [-0.2, 0) is 0 Å². The SMILES string of the molecule is COc1ccc(C(N)c2ccncc2)cc1. The first-order chi connectivity index (χ1) is 7.81. The summed E-state index contributed by atoms with van der Waals surface area (Å²) in [6, 6.07) is 11.5. The molecule has 82 valence electrons. The third-order valence-electron chi connectivity index (χ3n) is 2.54. The number of hydrogen-bond acceptors (Lipinski definition) is 3. The minimum Gasteiger partial charge on any atom is -0.497 e. The molecule has 1 aromatic heterocycles. The lowest BCUT2D eigenvalue weighted by molar-refractivity contribution is 0.414. The van der Waals surface area contributed by atoms with Gasteiger partial charge in [0, 0.05) is 12.4 Å². The summed E-state index contributed by atoms with van der Waals surface area (Å²) in [6.45, 7) is 0. The molecule has 3 heteroatoms. The molecule has 0 aliphatic carbocycles. The predicted molar refractivity (Wildman–Crippen MR) is 63.3 cm³/mol. The van der Waals surface area contributed by atoms with Crippen molar-refractivity contribution in [2.24, 2.45) is 5.73 Å². The van der Waals surface area contributed by atoms with Crippen LogP contribution < -0.4 is 10.5 Å². The molecule has 1 aromatic carbocycles. The van der Waals surface area contributed by atoms with Crippen molar-refractivity contribution in [3.8, 4) is 5.75 Å². The van der Waals surface area contributed by atoms with Gasteiger partial charge in [-0.15, -0.1) is 0 Å². The van der Waals surface area contributed by atoms with E-state index < -0.39 is 0 Å². The number of pyridine rings is 1. The van der Waals surface area contributed by atoms with Crippen molar-refractivity contribution in [1.82, 2.24) is 4.98 Å². The Labute approximate surface area is 94.9 Å². The fraction of sp³-hybridized carbons (Fsp3) is 0.154. The zero-order chi connectivity index (χ0) is 11.4. The highest BCUT2D eigenvalue weighted by Crippen LogP contribution is 2.21. The van der Waals surface area contributed by atoms with Crippen molar-refractivity contribution in [1.29, 1.82) is 0 Å². The smallest absolute Gasteiger partial charge is 0.118 e. The van der Waals surface area contributed by atoms with E-state index in [4.69, 9.17) is 10.5 Å². The van der Waals surface area contributed by atoms with Gasteiger partial charge in [0.25, 0.3) is 0 Å². The van der Waals surface area contributed by atoms with E-state index in [0.29, 0.717) is 0 Å². The number of hydrogen-bond donors (Lipinski definition) is 1. The first-order valence-electron chi connectivity index (χ1n) is 5.10. The highest BCUT2D eigenvalue weighted by Gasteiger charge is 2.07. The predicted octanol–water partition coefficient (Wildman–Crippen LogP) is 2.14. The minimum atomic E-state index is -0.117. The van der Waals surface area contributed by atoms with E-state index in [0.717, 1.165) is 16.9 Å². The summed E-state index contributed by atoms with van der Waals surface area (Å²) in [6.07, 6.45) is 3.50. The number of ether oxygens (including phenoxy) is 1. The molecule has 1 atom stereocenters. The van der Waals surface area contributed by atoms with Crippen molar-refractivity contribution in [2.45, 2.75) is 6.04 Å². The molecule has 2 rings (SSSR count). The van der Waals surface area contributed by atoms with Crippen LogP contribution in [0.1, 0.15) is 17.2 Å². The second kappa shape index (κ2) is 4.77. The number of nitrogens with two attached hydrogens (primary N) is 1. The highest BCUT2D eigenvalue weighted by molar-refractivity contribution is 5.34. The van der Waals surface area contributed by atoms with Gasteiger partial charge in [-0.25, -0.2) is 0 Å². The van der Waals surface area contributed by atoms with Gasteiger partial charge in [0.2, 0.25) is 0 Å². The molecule has 0 radical (unpaired) electrons. The highest BCUT2D eigenvalue weighted by atomic mass is 16.5. The van der Waals surface area contributed by atoms with Crippen LogP contribution in [0.15, 0.2) is 48.8 Å². The minimum absolute atomic E-state index is 0.117. The molecule has 3 nitrogen and oxygen atoms in total. The molecule has 1 heterocycles. The Bertz CT molecular complexity index is 439. The summed E-state index contributed by atoms with van der Waals surface area (Å²) in [5.74, 6) is 0.839. The zero-order valence-electron chi connectivity index (χ0n) is 9.13. The van der Waals surface area contributed by atoms with Crippen molar-refractivity contribution in [3.05, 3.63) is 59.9 Å². The molecular weight excluding hydrogens is 200 g/mol. The fourth-order valence-corrected chi connectivity index (χ4v) is 1.57. The number of benzene rings is 1. The summed E-state index contributed by atoms with van der Waals surface area (Å²) in [5, 5.41) is 0. The number of rotatable bonds is 3. The summed E-state index contributed by atoms with van der Waals surface area (Å²) < 4.78 is 5.10. The lowest BCUT2D eigenvalue weighted by Crippen LogP contribution is -2.11. The Morgan fingerprint density at radius 1 is 1.00 bits per heavy atom. The molecule has 0 saturated heterocycles. The van der Waals surface area contributed by atoms with Crippen LogP contribution in [0.2, 0.25) is 0 Å². The van der Waals surface area contributed by atoms with Crippen LogP contribution in [-0.4, -0.2) is 12.1 Å². The second-order valence-corrected chi connectivity index (χ2v) is 3.53. The lowest BCUT2D eigenvalue weighted by atomic mass is 10.0. The van der Waals surface area contributed by atoms with Gasteiger partial charge in [0.1, 0.15) is 5.75 Å². The summed E-state index contributed by atoms with van der Waals surface area (Å²) in [4.78, 5) is 3.97. The van der Waals surface area contributed by atoms with Crippen LogP contribution in [0.3, 0.4) is 0 Å². The standard InChI is InChI=1S/C13H14N2O/c1-16-12-4-2-10(3-5-12)13(14)11-6-8-15-9-7-11/h2-9,13H,14H2,1H3. The normalized spacial score (nSPS) is 12.1. The molecule has 0 amide bonds. The van der Waals surface area contributed by atoms with E-state index in [-0.39, 0.29) is 6.04 Å². The van der Waals surface area contributed by atoms with Crippen molar-refractivity contribution >= 4 is 0 Å². The van der Waals surface area contributed by atoms with Crippen LogP contribution in [0.25, 0.3) is 0 Å². The molecule has 0 aliphatic rings. The van der Waals surface area contributed by atoms with Crippen molar-refractivity contribution in [3.63, 3.8) is 0 Å². The van der Waals surface area contributed by atoms with Crippen molar-refractivity contribution < 1.29 is 4.74 Å². The first kappa shape index (κ1) is 10.6. The first-order valence-corrected chi connectivity index (χ1v) is 5.10. The fourth-order valence-electron chi connectivity index (χ4n) is 1.57. The van der Waals surface area contributed by atoms with Crippen molar-refractivity contribution in [2.75, 3.05) is 7.11 Å². The van der Waals surface area contributed by atoms with E-state index in [1.807, 2.05) is 36.4 Å². The summed E-state index contributed by atoms with van der Waals surface area (Å²) in [5.41, 5.74) is 8.26. The molecular formula is C13H14N2O. The Hall–Kier alpha value is -1.87. The Kier molecular flexibility index (Phi) is 3.17. The largest absolute Gasteiger partial charge is 0.497 e. The third-order valence-corrected chi connectivity index (χ3v) is 2.54. The lowest BCUT2D eigenvalue weighted by Gasteiger charge is -2.12. The average Bonchev–Trinajstić information content (AvgIpc) is 2.39. The number of aromatic nitrogens is 1. The maximum Gasteiger partial charge on any atom is 0.118 e. The number of nitrogens with zero attached hydrogens (tertiary/aromatic N) is 1. The van der Waals surface area contributed by atoms with E-state index in [2.05, 4.69) is 4.98 Å². The average molecular weight is 214 g/mol. The van der Waals surface area contributed by atoms with Gasteiger partial charge in [-0.3, -0.25) is 4.98 Å². The molecule has 1 unspecified atom stereocenters. The quantitative estimate of drug-likeness (QED) is 0.851. The second-order valence-electron chi connectivity index (χ2n) is 3.53. The zero-order valence-corrected chi connectivity index (χ0v) is 9.13. The number of methoxy groups -OCH3 is 1. The molecule has 0 fully saturated rings. The van der Waals surface area contributed by atoms with Gasteiger partial charge in [-0.2, -0.15) is 0 Å². The summed E-state index contributed by atoms with van der Waals surface area (Å²) >= 11 is 0. The summed E-state index contributed by atoms with van der Waals surface area (Å²) in [7, 11) is 1.65. The van der Waals surface area contributed by atoms with Gasteiger partial charge < -0.3 is 10.5 Å². The Balaban J connectivity index is 2.24. The maximum atomic E-state index is 6.14. The van der Waals surface area contributed by atoms with Gasteiger partial charge in [0.15, 0.2) is 0 Å². The van der Waals surface area contributed by atoms with Gasteiger partial charge >= 0.3 is 0 Å². The van der Waals surface area contributed by atoms with Gasteiger partial charge in [0.05, 0.1) is 13.2 Å². The van der Waals surface area contributed by atoms with Crippen LogP contribution >= 0.6 is 0 Å². The maximum absolute atomic E-state index is 6.14. The van der Waals surface area contributed by atoms with E-state index >= 15 is 0 Å². The molecule has 2 N–H and O–H groups in total. The molecule has 0 aliphatic heterocycles. The van der Waals surface area contributed by atoms with Crippen LogP contribution in [0.4, 0.5) is 0 Å². The van der Waals surface area contributed by atoms with E-state index in [1.54, 1.807) is 19.5 Å². The Morgan fingerprint density at radius 2 is 1.56 bits per heavy atom. The van der Waals surface area contributed by atoms with Gasteiger partial charge in [-0.05, 0) is 35.4 Å². The molecule has 2 aromatic rings. The molecule has 0 bridgehead atoms. The monoisotopic (exact) mass is 214 g/mol.